The van der Waals surface area contributed by atoms with Crippen molar-refractivity contribution in [2.45, 2.75) is 44.7 Å². The molecule has 0 saturated heterocycles. The first-order valence-corrected chi connectivity index (χ1v) is 14.2. The SMILES string of the molecule is Cc1cc(C(C(F)(F)F)C(F)(F)F)ccc1NC(=O)c1cccc(I)c1C(=O)NC(C)COC(=O)NCc1ccc(Cl)cc1. The van der Waals surface area contributed by atoms with E-state index in [9.17, 15) is 40.7 Å². The molecule has 0 heterocycles. The number of carbonyl (C=O) groups excluding carboxylic acids is 3. The van der Waals surface area contributed by atoms with E-state index in [2.05, 4.69) is 16.0 Å². The zero-order valence-corrected chi connectivity index (χ0v) is 25.9. The van der Waals surface area contributed by atoms with E-state index in [1.807, 2.05) is 22.6 Å². The molecule has 0 aliphatic carbocycles. The summed E-state index contributed by atoms with van der Waals surface area (Å²) in [4.78, 5) is 38.3. The van der Waals surface area contributed by atoms with Gasteiger partial charge in [0.15, 0.2) is 5.92 Å². The lowest BCUT2D eigenvalue weighted by Crippen LogP contribution is -2.39. The summed E-state index contributed by atoms with van der Waals surface area (Å²) in [6, 6.07) is 12.8. The van der Waals surface area contributed by atoms with E-state index >= 15 is 0 Å². The summed E-state index contributed by atoms with van der Waals surface area (Å²) in [5.41, 5.74) is -0.465. The summed E-state index contributed by atoms with van der Waals surface area (Å²) in [6.07, 6.45) is -11.9. The Kier molecular flexibility index (Phi) is 11.5. The third-order valence-electron chi connectivity index (χ3n) is 6.16. The molecular formula is C29H25ClF6IN3O4. The topological polar surface area (TPSA) is 96.5 Å². The number of alkyl halides is 6. The molecule has 15 heteroatoms. The molecular weight excluding hydrogens is 731 g/mol. The second-order valence-corrected chi connectivity index (χ2v) is 11.3. The lowest BCUT2D eigenvalue weighted by atomic mass is 9.95. The smallest absolute Gasteiger partial charge is 0.407 e. The van der Waals surface area contributed by atoms with Crippen molar-refractivity contribution in [3.63, 3.8) is 0 Å². The van der Waals surface area contributed by atoms with E-state index in [4.69, 9.17) is 16.3 Å². The van der Waals surface area contributed by atoms with Crippen LogP contribution in [-0.4, -0.2) is 42.9 Å². The predicted molar refractivity (Wildman–Crippen MR) is 160 cm³/mol. The van der Waals surface area contributed by atoms with Crippen molar-refractivity contribution in [3.05, 3.63) is 97.1 Å². The van der Waals surface area contributed by atoms with Crippen LogP contribution in [0.2, 0.25) is 5.02 Å². The number of aryl methyl sites for hydroxylation is 1. The minimum Gasteiger partial charge on any atom is -0.447 e. The highest BCUT2D eigenvalue weighted by Gasteiger charge is 2.57. The number of hydrogen-bond donors (Lipinski definition) is 3. The average molecular weight is 756 g/mol. The van der Waals surface area contributed by atoms with Gasteiger partial charge >= 0.3 is 18.4 Å². The summed E-state index contributed by atoms with van der Waals surface area (Å²) in [7, 11) is 0. The van der Waals surface area contributed by atoms with Crippen LogP contribution in [0, 0.1) is 10.5 Å². The monoisotopic (exact) mass is 755 g/mol. The van der Waals surface area contributed by atoms with Crippen LogP contribution in [0.1, 0.15) is 50.2 Å². The molecule has 3 aromatic rings. The molecule has 1 unspecified atom stereocenters. The third-order valence-corrected chi connectivity index (χ3v) is 7.31. The van der Waals surface area contributed by atoms with Gasteiger partial charge in [-0.15, -0.1) is 0 Å². The second-order valence-electron chi connectivity index (χ2n) is 9.66. The minimum absolute atomic E-state index is 0.0341. The van der Waals surface area contributed by atoms with Gasteiger partial charge in [0.25, 0.3) is 11.8 Å². The van der Waals surface area contributed by atoms with E-state index in [1.54, 1.807) is 37.3 Å². The van der Waals surface area contributed by atoms with Crippen molar-refractivity contribution in [3.8, 4) is 0 Å². The Balaban J connectivity index is 1.67. The maximum Gasteiger partial charge on any atom is 0.407 e. The van der Waals surface area contributed by atoms with Crippen molar-refractivity contribution < 1.29 is 45.5 Å². The minimum atomic E-state index is -5.57. The Bertz CT molecular complexity index is 1500. The fourth-order valence-corrected chi connectivity index (χ4v) is 4.94. The van der Waals surface area contributed by atoms with Crippen LogP contribution >= 0.6 is 34.2 Å². The number of anilines is 1. The summed E-state index contributed by atoms with van der Waals surface area (Å²) < 4.78 is 84.4. The van der Waals surface area contributed by atoms with E-state index < -0.39 is 47.8 Å². The Hall–Kier alpha value is -3.53. The zero-order chi connectivity index (χ0) is 32.8. The molecule has 0 aliphatic rings. The number of ether oxygens (including phenoxy) is 1. The van der Waals surface area contributed by atoms with E-state index in [1.165, 1.54) is 19.1 Å². The maximum absolute atomic E-state index is 13.2. The number of rotatable bonds is 9. The fourth-order valence-electron chi connectivity index (χ4n) is 4.07. The largest absolute Gasteiger partial charge is 0.447 e. The maximum atomic E-state index is 13.2. The van der Waals surface area contributed by atoms with E-state index in [-0.39, 0.29) is 35.5 Å². The summed E-state index contributed by atoms with van der Waals surface area (Å²) in [6.45, 7) is 2.80. The quantitative estimate of drug-likeness (QED) is 0.154. The van der Waals surface area contributed by atoms with Crippen molar-refractivity contribution >= 4 is 57.8 Å². The number of benzene rings is 3. The van der Waals surface area contributed by atoms with Crippen LogP contribution in [0.5, 0.6) is 0 Å². The molecule has 0 radical (unpaired) electrons. The molecule has 236 valence electrons. The van der Waals surface area contributed by atoms with Gasteiger partial charge in [-0.3, -0.25) is 9.59 Å². The van der Waals surface area contributed by atoms with Crippen LogP contribution in [0.15, 0.2) is 60.7 Å². The van der Waals surface area contributed by atoms with Gasteiger partial charge in [0.2, 0.25) is 0 Å². The molecule has 0 aromatic heterocycles. The molecule has 3 rings (SSSR count). The van der Waals surface area contributed by atoms with Gasteiger partial charge in [-0.05, 0) is 83.5 Å². The van der Waals surface area contributed by atoms with Crippen LogP contribution in [0.25, 0.3) is 0 Å². The summed E-state index contributed by atoms with van der Waals surface area (Å²) in [5.74, 6) is -5.19. The molecule has 3 amide bonds. The number of amides is 3. The Morgan fingerprint density at radius 1 is 0.932 bits per heavy atom. The van der Waals surface area contributed by atoms with Gasteiger partial charge in [0.1, 0.15) is 6.61 Å². The lowest BCUT2D eigenvalue weighted by Gasteiger charge is -2.24. The second kappa shape index (κ2) is 14.5. The number of hydrogen-bond acceptors (Lipinski definition) is 4. The molecule has 0 spiro atoms. The Morgan fingerprint density at radius 2 is 1.57 bits per heavy atom. The molecule has 3 N–H and O–H groups in total. The van der Waals surface area contributed by atoms with Crippen LogP contribution in [-0.2, 0) is 11.3 Å². The van der Waals surface area contributed by atoms with Gasteiger partial charge < -0.3 is 20.7 Å². The number of carbonyl (C=O) groups is 3. The fraction of sp³-hybridized carbons (Fsp3) is 0.276. The first-order chi connectivity index (χ1) is 20.5. The number of nitrogens with one attached hydrogen (secondary N) is 3. The van der Waals surface area contributed by atoms with Crippen LogP contribution < -0.4 is 16.0 Å². The molecule has 0 saturated carbocycles. The normalized spacial score (nSPS) is 12.4. The molecule has 7 nitrogen and oxygen atoms in total. The molecule has 0 bridgehead atoms. The van der Waals surface area contributed by atoms with Gasteiger partial charge in [0, 0.05) is 20.8 Å². The van der Waals surface area contributed by atoms with Gasteiger partial charge in [-0.1, -0.05) is 41.9 Å². The summed E-state index contributed by atoms with van der Waals surface area (Å²) >= 11 is 7.67. The van der Waals surface area contributed by atoms with E-state index in [0.717, 1.165) is 11.6 Å². The Morgan fingerprint density at radius 3 is 2.16 bits per heavy atom. The van der Waals surface area contributed by atoms with Crippen molar-refractivity contribution in [1.29, 1.82) is 0 Å². The number of alkyl carbamates (subject to hydrolysis) is 1. The third kappa shape index (κ3) is 9.48. The lowest BCUT2D eigenvalue weighted by molar-refractivity contribution is -0.253. The van der Waals surface area contributed by atoms with Crippen molar-refractivity contribution in [1.82, 2.24) is 10.6 Å². The standard InChI is InChI=1S/C29H25ClF6IN3O4/c1-15-12-18(24(28(31,32)33)29(34,35)36)8-11-22(15)40-25(41)20-4-3-5-21(37)23(20)26(42)39-16(2)14-44-27(43)38-13-17-6-9-19(30)10-7-17/h3-12,16,24H,13-14H2,1-2H3,(H,38,43)(H,39,42)(H,40,41). The van der Waals surface area contributed by atoms with E-state index in [0.29, 0.717) is 20.7 Å². The molecule has 0 aliphatic heterocycles. The molecule has 1 atom stereocenters. The molecule has 44 heavy (non-hydrogen) atoms. The highest BCUT2D eigenvalue weighted by Crippen LogP contribution is 2.46. The number of halogens is 8. The zero-order valence-electron chi connectivity index (χ0n) is 23.0. The van der Waals surface area contributed by atoms with Gasteiger partial charge in [-0.25, -0.2) is 4.79 Å². The van der Waals surface area contributed by atoms with Crippen LogP contribution in [0.3, 0.4) is 0 Å². The highest BCUT2D eigenvalue weighted by molar-refractivity contribution is 14.1. The van der Waals surface area contributed by atoms with Gasteiger partial charge in [0.05, 0.1) is 17.2 Å². The first-order valence-electron chi connectivity index (χ1n) is 12.8. The average Bonchev–Trinajstić information content (AvgIpc) is 2.91. The summed E-state index contributed by atoms with van der Waals surface area (Å²) in [5, 5.41) is 8.19. The predicted octanol–water partition coefficient (Wildman–Crippen LogP) is 7.76. The highest BCUT2D eigenvalue weighted by atomic mass is 127. The van der Waals surface area contributed by atoms with Crippen molar-refractivity contribution in [2.24, 2.45) is 0 Å². The Labute approximate surface area is 266 Å². The first kappa shape index (κ1) is 35.0. The molecule has 0 fully saturated rings. The van der Waals surface area contributed by atoms with Gasteiger partial charge in [-0.2, -0.15) is 26.3 Å². The molecule has 3 aromatic carbocycles. The van der Waals surface area contributed by atoms with Crippen molar-refractivity contribution in [2.75, 3.05) is 11.9 Å². The van der Waals surface area contributed by atoms with Crippen LogP contribution in [0.4, 0.5) is 36.8 Å².